The summed E-state index contributed by atoms with van der Waals surface area (Å²) in [5.41, 5.74) is 0.245. The van der Waals surface area contributed by atoms with Crippen LogP contribution in [0.3, 0.4) is 0 Å². The minimum atomic E-state index is -3.20. The summed E-state index contributed by atoms with van der Waals surface area (Å²) in [5, 5.41) is 3.36. The summed E-state index contributed by atoms with van der Waals surface area (Å²) in [5.74, 6) is 0.440. The molecule has 1 amide bonds. The molecule has 0 aromatic heterocycles. The van der Waals surface area contributed by atoms with Crippen molar-refractivity contribution >= 4 is 15.9 Å². The number of amides is 1. The summed E-state index contributed by atoms with van der Waals surface area (Å²) in [6.07, 6.45) is 7.40. The summed E-state index contributed by atoms with van der Waals surface area (Å²) in [6, 6.07) is 0.0235. The van der Waals surface area contributed by atoms with Crippen LogP contribution in [0.25, 0.3) is 0 Å². The molecule has 1 saturated carbocycles. The van der Waals surface area contributed by atoms with Gasteiger partial charge in [0.05, 0.1) is 6.26 Å². The number of hydrogen-bond donors (Lipinski definition) is 2. The molecule has 3 rings (SSSR count). The molecule has 0 bridgehead atoms. The van der Waals surface area contributed by atoms with Crippen LogP contribution >= 0.6 is 0 Å². The summed E-state index contributed by atoms with van der Waals surface area (Å²) in [7, 11) is -3.20. The summed E-state index contributed by atoms with van der Waals surface area (Å²) < 4.78 is 25.2. The molecular weight excluding hydrogens is 302 g/mol. The first kappa shape index (κ1) is 16.2. The molecule has 0 aromatic rings. The van der Waals surface area contributed by atoms with Gasteiger partial charge >= 0.3 is 0 Å². The number of likely N-dealkylation sites (tertiary alicyclic amines) is 1. The summed E-state index contributed by atoms with van der Waals surface area (Å²) in [4.78, 5) is 14.9. The van der Waals surface area contributed by atoms with Gasteiger partial charge in [0.15, 0.2) is 0 Å². The minimum Gasteiger partial charge on any atom is -0.338 e. The number of nitrogens with one attached hydrogen (secondary N) is 2. The van der Waals surface area contributed by atoms with Crippen LogP contribution in [0, 0.1) is 11.3 Å². The average Bonchev–Trinajstić information content (AvgIpc) is 3.18. The highest BCUT2D eigenvalue weighted by atomic mass is 32.2. The van der Waals surface area contributed by atoms with E-state index in [0.717, 1.165) is 58.2 Å². The van der Waals surface area contributed by atoms with Crippen LogP contribution in [0.4, 0.5) is 0 Å². The molecule has 0 aromatic carbocycles. The van der Waals surface area contributed by atoms with E-state index in [9.17, 15) is 13.2 Å². The fraction of sp³-hybridized carbons (Fsp3) is 0.933. The molecule has 7 heteroatoms. The normalized spacial score (nSPS) is 31.2. The number of hydrogen-bond acceptors (Lipinski definition) is 4. The van der Waals surface area contributed by atoms with Crippen LogP contribution in [0.2, 0.25) is 0 Å². The van der Waals surface area contributed by atoms with Gasteiger partial charge in [0.2, 0.25) is 15.9 Å². The van der Waals surface area contributed by atoms with Crippen molar-refractivity contribution in [1.29, 1.82) is 0 Å². The molecule has 1 aliphatic carbocycles. The lowest BCUT2D eigenvalue weighted by atomic mass is 9.91. The average molecular weight is 329 g/mol. The molecule has 3 aliphatic rings. The Bertz CT molecular complexity index is 528. The Labute approximate surface area is 133 Å². The first-order valence-corrected chi connectivity index (χ1v) is 10.3. The minimum absolute atomic E-state index is 0.0235. The van der Waals surface area contributed by atoms with Crippen molar-refractivity contribution in [3.05, 3.63) is 0 Å². The molecule has 2 atom stereocenters. The highest BCUT2D eigenvalue weighted by molar-refractivity contribution is 7.88. The van der Waals surface area contributed by atoms with Crippen molar-refractivity contribution in [2.75, 3.05) is 32.4 Å². The lowest BCUT2D eigenvalue weighted by Crippen LogP contribution is -2.50. The van der Waals surface area contributed by atoms with E-state index in [0.29, 0.717) is 6.54 Å². The highest BCUT2D eigenvalue weighted by Gasteiger charge is 2.59. The number of rotatable bonds is 4. The lowest BCUT2D eigenvalue weighted by Gasteiger charge is -2.37. The first-order valence-electron chi connectivity index (χ1n) is 8.37. The van der Waals surface area contributed by atoms with Crippen LogP contribution in [-0.4, -0.2) is 57.7 Å². The Kier molecular flexibility index (Phi) is 4.49. The Morgan fingerprint density at radius 2 is 2.05 bits per heavy atom. The Balaban J connectivity index is 1.62. The van der Waals surface area contributed by atoms with Crippen molar-refractivity contribution in [2.24, 2.45) is 11.3 Å². The van der Waals surface area contributed by atoms with Gasteiger partial charge in [-0.05, 0) is 57.0 Å². The van der Waals surface area contributed by atoms with E-state index in [1.54, 1.807) is 0 Å². The van der Waals surface area contributed by atoms with E-state index in [1.807, 2.05) is 4.90 Å². The quantitative estimate of drug-likeness (QED) is 0.778. The van der Waals surface area contributed by atoms with Crippen LogP contribution in [-0.2, 0) is 14.8 Å². The molecule has 3 fully saturated rings. The molecule has 126 valence electrons. The van der Waals surface area contributed by atoms with Crippen LogP contribution in [0.1, 0.15) is 38.5 Å². The fourth-order valence-corrected chi connectivity index (χ4v) is 4.62. The Morgan fingerprint density at radius 1 is 1.32 bits per heavy atom. The zero-order chi connectivity index (χ0) is 15.8. The highest BCUT2D eigenvalue weighted by Crippen LogP contribution is 2.59. The molecule has 22 heavy (non-hydrogen) atoms. The zero-order valence-corrected chi connectivity index (χ0v) is 14.1. The van der Waals surface area contributed by atoms with Crippen molar-refractivity contribution in [3.63, 3.8) is 0 Å². The van der Waals surface area contributed by atoms with Crippen molar-refractivity contribution in [3.8, 4) is 0 Å². The lowest BCUT2D eigenvalue weighted by molar-refractivity contribution is -0.137. The Hall–Kier alpha value is -0.660. The van der Waals surface area contributed by atoms with Crippen LogP contribution < -0.4 is 10.0 Å². The summed E-state index contributed by atoms with van der Waals surface area (Å²) in [6.45, 7) is 3.16. The molecular formula is C15H27N3O3S. The molecule has 2 aliphatic heterocycles. The summed E-state index contributed by atoms with van der Waals surface area (Å²) >= 11 is 0. The van der Waals surface area contributed by atoms with E-state index in [1.165, 1.54) is 6.26 Å². The largest absolute Gasteiger partial charge is 0.338 e. The number of sulfonamides is 1. The van der Waals surface area contributed by atoms with Gasteiger partial charge in [0.25, 0.3) is 0 Å². The second-order valence-electron chi connectivity index (χ2n) is 7.17. The maximum absolute atomic E-state index is 12.9. The van der Waals surface area contributed by atoms with Gasteiger partial charge in [0.1, 0.15) is 0 Å². The SMILES string of the molecule is CS(=O)(=O)NCC1CCCCN1C(=O)C1CC12CCNCC2. The van der Waals surface area contributed by atoms with Crippen molar-refractivity contribution in [2.45, 2.75) is 44.6 Å². The smallest absolute Gasteiger partial charge is 0.226 e. The predicted octanol–water partition coefficient (Wildman–Crippen LogP) is 0.306. The van der Waals surface area contributed by atoms with Crippen molar-refractivity contribution < 1.29 is 13.2 Å². The van der Waals surface area contributed by atoms with Gasteiger partial charge in [-0.3, -0.25) is 4.79 Å². The van der Waals surface area contributed by atoms with Gasteiger partial charge in [0, 0.05) is 25.0 Å². The van der Waals surface area contributed by atoms with Gasteiger partial charge in [-0.1, -0.05) is 0 Å². The second-order valence-corrected chi connectivity index (χ2v) is 9.00. The monoisotopic (exact) mass is 329 g/mol. The van der Waals surface area contributed by atoms with E-state index >= 15 is 0 Å². The topological polar surface area (TPSA) is 78.5 Å². The first-order chi connectivity index (χ1) is 10.4. The molecule has 2 heterocycles. The van der Waals surface area contributed by atoms with E-state index in [4.69, 9.17) is 0 Å². The predicted molar refractivity (Wildman–Crippen MR) is 84.8 cm³/mol. The van der Waals surface area contributed by atoms with Crippen molar-refractivity contribution in [1.82, 2.24) is 14.9 Å². The maximum atomic E-state index is 12.9. The molecule has 2 N–H and O–H groups in total. The molecule has 2 unspecified atom stereocenters. The molecule has 1 spiro atoms. The standard InChI is InChI=1S/C15H27N3O3S/c1-22(20,21)17-11-12-4-2-3-9-18(12)14(19)13-10-15(13)5-7-16-8-6-15/h12-13,16-17H,2-11H2,1H3. The second kappa shape index (κ2) is 6.09. The third-order valence-corrected chi connectivity index (χ3v) is 6.27. The third kappa shape index (κ3) is 3.46. The van der Waals surface area contributed by atoms with Gasteiger partial charge < -0.3 is 10.2 Å². The Morgan fingerprint density at radius 3 is 2.73 bits per heavy atom. The van der Waals surface area contributed by atoms with E-state index in [2.05, 4.69) is 10.0 Å². The molecule has 0 radical (unpaired) electrons. The maximum Gasteiger partial charge on any atom is 0.226 e. The zero-order valence-electron chi connectivity index (χ0n) is 13.3. The van der Waals surface area contributed by atoms with E-state index in [-0.39, 0.29) is 23.3 Å². The number of nitrogens with zero attached hydrogens (tertiary/aromatic N) is 1. The van der Waals surface area contributed by atoms with Crippen LogP contribution in [0.15, 0.2) is 0 Å². The van der Waals surface area contributed by atoms with Gasteiger partial charge in [-0.25, -0.2) is 13.1 Å². The molecule has 6 nitrogen and oxygen atoms in total. The fourth-order valence-electron chi connectivity index (χ4n) is 4.12. The number of piperidine rings is 2. The van der Waals surface area contributed by atoms with Crippen LogP contribution in [0.5, 0.6) is 0 Å². The number of carbonyl (C=O) groups is 1. The van der Waals surface area contributed by atoms with E-state index < -0.39 is 10.0 Å². The van der Waals surface area contributed by atoms with Gasteiger partial charge in [-0.15, -0.1) is 0 Å². The molecule has 2 saturated heterocycles. The third-order valence-electron chi connectivity index (χ3n) is 5.58. The van der Waals surface area contributed by atoms with Gasteiger partial charge in [-0.2, -0.15) is 0 Å². The number of carbonyl (C=O) groups excluding carboxylic acids is 1.